The second-order valence-electron chi connectivity index (χ2n) is 7.65. The Morgan fingerprint density at radius 2 is 1.85 bits per heavy atom. The second kappa shape index (κ2) is 6.12. The molecule has 0 spiro atoms. The van der Waals surface area contributed by atoms with Crippen LogP contribution in [0.15, 0.2) is 21.9 Å². The SMILES string of the molecule is CN(C(=O)Cn1ccc2c(=O)n(C)c(=O)n(C)c21)C1CC2CCC(C1)N2. The molecule has 2 aromatic rings. The molecule has 2 saturated heterocycles. The number of aromatic nitrogens is 3. The molecule has 140 valence electrons. The van der Waals surface area contributed by atoms with E-state index < -0.39 is 5.69 Å². The van der Waals surface area contributed by atoms with E-state index in [1.807, 2.05) is 11.9 Å². The summed E-state index contributed by atoms with van der Waals surface area (Å²) in [5, 5.41) is 4.04. The van der Waals surface area contributed by atoms with Crippen molar-refractivity contribution in [3.05, 3.63) is 33.1 Å². The highest BCUT2D eigenvalue weighted by molar-refractivity contribution is 5.80. The molecule has 0 saturated carbocycles. The lowest BCUT2D eigenvalue weighted by Crippen LogP contribution is -2.49. The van der Waals surface area contributed by atoms with E-state index in [2.05, 4.69) is 5.32 Å². The lowest BCUT2D eigenvalue weighted by atomic mass is 9.98. The fourth-order valence-electron chi connectivity index (χ4n) is 4.52. The van der Waals surface area contributed by atoms with Crippen molar-refractivity contribution in [1.82, 2.24) is 23.9 Å². The Labute approximate surface area is 151 Å². The van der Waals surface area contributed by atoms with Crippen LogP contribution in [0.1, 0.15) is 25.7 Å². The number of carbonyl (C=O) groups is 1. The number of likely N-dealkylation sites (N-methyl/N-ethyl adjacent to an activating group) is 1. The predicted octanol–water partition coefficient (Wildman–Crippen LogP) is -0.220. The molecular weight excluding hydrogens is 334 g/mol. The van der Waals surface area contributed by atoms with Crippen LogP contribution in [0.4, 0.5) is 0 Å². The minimum Gasteiger partial charge on any atom is -0.341 e. The van der Waals surface area contributed by atoms with E-state index in [0.717, 1.165) is 17.4 Å². The maximum absolute atomic E-state index is 12.8. The number of carbonyl (C=O) groups excluding carboxylic acids is 1. The van der Waals surface area contributed by atoms with E-state index in [9.17, 15) is 14.4 Å². The predicted molar refractivity (Wildman–Crippen MR) is 98.2 cm³/mol. The molecule has 2 aromatic heterocycles. The molecule has 2 aliphatic rings. The quantitative estimate of drug-likeness (QED) is 0.822. The number of fused-ring (bicyclic) bond motifs is 3. The van der Waals surface area contributed by atoms with Crippen molar-refractivity contribution >= 4 is 16.9 Å². The van der Waals surface area contributed by atoms with Gasteiger partial charge in [0.25, 0.3) is 5.56 Å². The molecule has 1 N–H and O–H groups in total. The third kappa shape index (κ3) is 2.59. The number of hydrogen-bond acceptors (Lipinski definition) is 4. The minimum absolute atomic E-state index is 0.00178. The topological polar surface area (TPSA) is 81.3 Å². The standard InChI is InChI=1S/C18H25N5O3/c1-20(13-8-11-4-5-12(9-13)19-11)15(24)10-23-7-6-14-16(23)21(2)18(26)22(3)17(14)25/h6-7,11-13,19H,4-5,8-10H2,1-3H3. The van der Waals surface area contributed by atoms with Crippen LogP contribution in [0.5, 0.6) is 0 Å². The van der Waals surface area contributed by atoms with E-state index >= 15 is 0 Å². The normalized spacial score (nSPS) is 25.0. The van der Waals surface area contributed by atoms with Crippen molar-refractivity contribution in [2.45, 2.75) is 50.4 Å². The van der Waals surface area contributed by atoms with E-state index in [-0.39, 0.29) is 24.1 Å². The van der Waals surface area contributed by atoms with Gasteiger partial charge in [-0.15, -0.1) is 0 Å². The van der Waals surface area contributed by atoms with Crippen molar-refractivity contribution in [2.75, 3.05) is 7.05 Å². The van der Waals surface area contributed by atoms with Crippen LogP contribution in [0.2, 0.25) is 0 Å². The van der Waals surface area contributed by atoms with Gasteiger partial charge in [-0.05, 0) is 31.7 Å². The van der Waals surface area contributed by atoms with E-state index in [1.54, 1.807) is 23.9 Å². The molecular formula is C18H25N5O3. The van der Waals surface area contributed by atoms with Gasteiger partial charge in [0.1, 0.15) is 12.2 Å². The first-order chi connectivity index (χ1) is 12.4. The third-order valence-electron chi connectivity index (χ3n) is 6.06. The monoisotopic (exact) mass is 359 g/mol. The number of amides is 1. The molecule has 0 aliphatic carbocycles. The van der Waals surface area contributed by atoms with Crippen LogP contribution < -0.4 is 16.6 Å². The highest BCUT2D eigenvalue weighted by Gasteiger charge is 2.36. The van der Waals surface area contributed by atoms with Gasteiger partial charge < -0.3 is 14.8 Å². The number of rotatable bonds is 3. The summed E-state index contributed by atoms with van der Waals surface area (Å²) in [6.07, 6.45) is 6.07. The Bertz CT molecular complexity index is 973. The molecule has 2 atom stereocenters. The summed E-state index contributed by atoms with van der Waals surface area (Å²) in [6.45, 7) is 0.125. The van der Waals surface area contributed by atoms with Crippen molar-refractivity contribution in [3.63, 3.8) is 0 Å². The van der Waals surface area contributed by atoms with Crippen LogP contribution in [0.3, 0.4) is 0 Å². The molecule has 2 fully saturated rings. The minimum atomic E-state index is -0.391. The summed E-state index contributed by atoms with van der Waals surface area (Å²) < 4.78 is 4.22. The van der Waals surface area contributed by atoms with Crippen LogP contribution in [-0.2, 0) is 25.4 Å². The molecule has 2 unspecified atom stereocenters. The van der Waals surface area contributed by atoms with Gasteiger partial charge in [-0.3, -0.25) is 18.7 Å². The average molecular weight is 359 g/mol. The van der Waals surface area contributed by atoms with Crippen LogP contribution in [0, 0.1) is 0 Å². The maximum Gasteiger partial charge on any atom is 0.332 e. The number of hydrogen-bond donors (Lipinski definition) is 1. The Balaban J connectivity index is 1.60. The largest absolute Gasteiger partial charge is 0.341 e. The molecule has 1 amide bonds. The van der Waals surface area contributed by atoms with Crippen molar-refractivity contribution < 1.29 is 4.79 Å². The number of nitrogens with zero attached hydrogens (tertiary/aromatic N) is 4. The zero-order valence-corrected chi connectivity index (χ0v) is 15.4. The molecule has 0 aromatic carbocycles. The fourth-order valence-corrected chi connectivity index (χ4v) is 4.52. The van der Waals surface area contributed by atoms with Gasteiger partial charge in [0.15, 0.2) is 0 Å². The van der Waals surface area contributed by atoms with Crippen molar-refractivity contribution in [2.24, 2.45) is 14.1 Å². The summed E-state index contributed by atoms with van der Waals surface area (Å²) >= 11 is 0. The van der Waals surface area contributed by atoms with E-state index in [4.69, 9.17) is 0 Å². The van der Waals surface area contributed by atoms with Gasteiger partial charge in [0.2, 0.25) is 5.91 Å². The average Bonchev–Trinajstić information content (AvgIpc) is 3.20. The molecule has 8 nitrogen and oxygen atoms in total. The summed E-state index contributed by atoms with van der Waals surface area (Å²) in [4.78, 5) is 39.2. The van der Waals surface area contributed by atoms with E-state index in [1.165, 1.54) is 24.5 Å². The van der Waals surface area contributed by atoms with Crippen molar-refractivity contribution in [1.29, 1.82) is 0 Å². The van der Waals surface area contributed by atoms with Gasteiger partial charge in [0.05, 0.1) is 5.39 Å². The zero-order chi connectivity index (χ0) is 18.6. The number of aryl methyl sites for hydroxylation is 1. The van der Waals surface area contributed by atoms with Crippen molar-refractivity contribution in [3.8, 4) is 0 Å². The molecule has 26 heavy (non-hydrogen) atoms. The Hall–Kier alpha value is -2.35. The second-order valence-corrected chi connectivity index (χ2v) is 7.65. The smallest absolute Gasteiger partial charge is 0.332 e. The van der Waals surface area contributed by atoms with E-state index in [0.29, 0.717) is 23.1 Å². The molecule has 2 bridgehead atoms. The lowest BCUT2D eigenvalue weighted by molar-refractivity contribution is -0.133. The van der Waals surface area contributed by atoms with Crippen LogP contribution in [0.25, 0.3) is 11.0 Å². The molecule has 4 rings (SSSR count). The number of nitrogens with one attached hydrogen (secondary N) is 1. The first-order valence-corrected chi connectivity index (χ1v) is 9.13. The molecule has 0 radical (unpaired) electrons. The lowest BCUT2D eigenvalue weighted by Gasteiger charge is -2.35. The fraction of sp³-hybridized carbons (Fsp3) is 0.611. The Kier molecular flexibility index (Phi) is 4.02. The summed E-state index contributed by atoms with van der Waals surface area (Å²) in [6, 6.07) is 2.96. The van der Waals surface area contributed by atoms with Crippen LogP contribution in [-0.4, -0.2) is 49.7 Å². The Morgan fingerprint density at radius 3 is 2.50 bits per heavy atom. The highest BCUT2D eigenvalue weighted by Crippen LogP contribution is 2.29. The first kappa shape index (κ1) is 17.1. The van der Waals surface area contributed by atoms with Gasteiger partial charge in [-0.1, -0.05) is 0 Å². The first-order valence-electron chi connectivity index (χ1n) is 9.13. The van der Waals surface area contributed by atoms with Gasteiger partial charge in [0, 0.05) is 45.5 Å². The van der Waals surface area contributed by atoms with Gasteiger partial charge in [-0.25, -0.2) is 4.79 Å². The zero-order valence-electron chi connectivity index (χ0n) is 15.4. The van der Waals surface area contributed by atoms with Crippen LogP contribution >= 0.6 is 0 Å². The summed E-state index contributed by atoms with van der Waals surface area (Å²) in [5.74, 6) is 0.00178. The third-order valence-corrected chi connectivity index (χ3v) is 6.06. The molecule has 8 heteroatoms. The summed E-state index contributed by atoms with van der Waals surface area (Å²) in [7, 11) is 4.95. The maximum atomic E-state index is 12.8. The summed E-state index contributed by atoms with van der Waals surface area (Å²) in [5.41, 5.74) is -0.235. The number of piperidine rings is 1. The Morgan fingerprint density at radius 1 is 1.19 bits per heavy atom. The molecule has 4 heterocycles. The van der Waals surface area contributed by atoms with Gasteiger partial charge in [-0.2, -0.15) is 0 Å². The molecule has 2 aliphatic heterocycles. The highest BCUT2D eigenvalue weighted by atomic mass is 16.2. The van der Waals surface area contributed by atoms with Gasteiger partial charge >= 0.3 is 5.69 Å².